The highest BCUT2D eigenvalue weighted by molar-refractivity contribution is 7.79. The minimum absolute atomic E-state index is 0.420. The molecule has 2 rings (SSSR count). The second-order valence-electron chi connectivity index (χ2n) is 3.16. The third-order valence-electron chi connectivity index (χ3n) is 2.02. The van der Waals surface area contributed by atoms with Crippen molar-refractivity contribution >= 4 is 35.8 Å². The van der Waals surface area contributed by atoms with Gasteiger partial charge in [-0.2, -0.15) is 12.6 Å². The summed E-state index contributed by atoms with van der Waals surface area (Å²) in [6.45, 7) is 0. The summed E-state index contributed by atoms with van der Waals surface area (Å²) in [5, 5.41) is 1.11. The molecule has 1 aromatic carbocycles. The number of nitrogens with zero attached hydrogens (tertiary/aromatic N) is 2. The normalized spacial score (nSPS) is 10.4. The first-order chi connectivity index (χ1) is 7.69. The van der Waals surface area contributed by atoms with Crippen molar-refractivity contribution in [3.05, 3.63) is 46.3 Å². The van der Waals surface area contributed by atoms with Crippen LogP contribution in [0.25, 0.3) is 11.3 Å². The molecule has 0 radical (unpaired) electrons. The van der Waals surface area contributed by atoms with Crippen molar-refractivity contribution in [2.75, 3.05) is 0 Å². The van der Waals surface area contributed by atoms with Crippen LogP contribution >= 0.6 is 35.8 Å². The minimum Gasteiger partial charge on any atom is -0.232 e. The largest absolute Gasteiger partial charge is 0.232 e. The molecule has 0 saturated carbocycles. The zero-order valence-corrected chi connectivity index (χ0v) is 10.6. The Morgan fingerprint density at radius 2 is 1.75 bits per heavy atom. The molecule has 2 nitrogen and oxygen atoms in total. The summed E-state index contributed by atoms with van der Waals surface area (Å²) in [5.41, 5.74) is 1.73. The summed E-state index contributed by atoms with van der Waals surface area (Å²) >= 11 is 15.8. The van der Waals surface area contributed by atoms with Gasteiger partial charge in [0.1, 0.15) is 11.0 Å². The summed E-state index contributed by atoms with van der Waals surface area (Å²) in [5.74, 6) is 1.07. The van der Waals surface area contributed by atoms with Crippen LogP contribution in [0.5, 0.6) is 0 Å². The van der Waals surface area contributed by atoms with Gasteiger partial charge in [0.15, 0.2) is 0 Å². The van der Waals surface area contributed by atoms with Crippen molar-refractivity contribution < 1.29 is 0 Å². The number of hydrogen-bond donors (Lipinski definition) is 1. The lowest BCUT2D eigenvalue weighted by atomic mass is 10.1. The van der Waals surface area contributed by atoms with Gasteiger partial charge in [-0.15, -0.1) is 0 Å². The van der Waals surface area contributed by atoms with Crippen LogP contribution in [0.15, 0.2) is 30.3 Å². The first-order valence-corrected chi connectivity index (χ1v) is 5.98. The van der Waals surface area contributed by atoms with Gasteiger partial charge in [0.05, 0.1) is 11.4 Å². The first-order valence-electron chi connectivity index (χ1n) is 4.59. The van der Waals surface area contributed by atoms with Gasteiger partial charge in [0, 0.05) is 16.7 Å². The third-order valence-corrected chi connectivity index (χ3v) is 2.75. The van der Waals surface area contributed by atoms with Gasteiger partial charge in [-0.05, 0) is 12.1 Å². The van der Waals surface area contributed by atoms with E-state index in [2.05, 4.69) is 22.6 Å². The van der Waals surface area contributed by atoms with Crippen molar-refractivity contribution in [1.82, 2.24) is 9.97 Å². The summed E-state index contributed by atoms with van der Waals surface area (Å²) in [6.07, 6.45) is 0. The molecule has 0 fully saturated rings. The first kappa shape index (κ1) is 11.7. The van der Waals surface area contributed by atoms with Gasteiger partial charge in [-0.3, -0.25) is 0 Å². The SMILES string of the molecule is SCc1nc(Cl)cc(-c2ccc(Cl)cc2)n1. The number of aromatic nitrogens is 2. The lowest BCUT2D eigenvalue weighted by Gasteiger charge is -2.03. The van der Waals surface area contributed by atoms with Crippen LogP contribution in [0.3, 0.4) is 0 Å². The zero-order chi connectivity index (χ0) is 11.5. The average molecular weight is 271 g/mol. The minimum atomic E-state index is 0.420. The zero-order valence-electron chi connectivity index (χ0n) is 8.19. The lowest BCUT2D eigenvalue weighted by molar-refractivity contribution is 1.04. The fourth-order valence-electron chi connectivity index (χ4n) is 1.30. The Balaban J connectivity index is 2.47. The van der Waals surface area contributed by atoms with Gasteiger partial charge in [0.2, 0.25) is 0 Å². The average Bonchev–Trinajstić information content (AvgIpc) is 2.29. The molecule has 16 heavy (non-hydrogen) atoms. The van der Waals surface area contributed by atoms with Crippen molar-refractivity contribution in [2.24, 2.45) is 0 Å². The van der Waals surface area contributed by atoms with Gasteiger partial charge >= 0.3 is 0 Å². The Morgan fingerprint density at radius 3 is 2.38 bits per heavy atom. The number of benzene rings is 1. The third kappa shape index (κ3) is 2.67. The van der Waals surface area contributed by atoms with Crippen molar-refractivity contribution in [3.63, 3.8) is 0 Å². The van der Waals surface area contributed by atoms with Crippen LogP contribution < -0.4 is 0 Å². The van der Waals surface area contributed by atoms with Gasteiger partial charge in [-0.25, -0.2) is 9.97 Å². The molecule has 0 atom stereocenters. The molecular formula is C11H8Cl2N2S. The Bertz CT molecular complexity index is 500. The molecule has 0 bridgehead atoms. The smallest absolute Gasteiger partial charge is 0.140 e. The number of rotatable bonds is 2. The molecule has 82 valence electrons. The molecule has 0 aliphatic heterocycles. The van der Waals surface area contributed by atoms with Crippen LogP contribution in [-0.2, 0) is 5.75 Å². The molecule has 5 heteroatoms. The second-order valence-corrected chi connectivity index (χ2v) is 4.30. The van der Waals surface area contributed by atoms with Gasteiger partial charge in [0.25, 0.3) is 0 Å². The lowest BCUT2D eigenvalue weighted by Crippen LogP contribution is -1.94. The van der Waals surface area contributed by atoms with E-state index in [1.54, 1.807) is 6.07 Å². The Morgan fingerprint density at radius 1 is 1.06 bits per heavy atom. The van der Waals surface area contributed by atoms with E-state index in [-0.39, 0.29) is 0 Å². The number of thiol groups is 1. The van der Waals surface area contributed by atoms with E-state index >= 15 is 0 Å². The summed E-state index contributed by atoms with van der Waals surface area (Å²) in [6, 6.07) is 9.13. The van der Waals surface area contributed by atoms with Gasteiger partial charge in [-0.1, -0.05) is 35.3 Å². The van der Waals surface area contributed by atoms with Gasteiger partial charge < -0.3 is 0 Å². The van der Waals surface area contributed by atoms with Crippen molar-refractivity contribution in [1.29, 1.82) is 0 Å². The molecule has 0 spiro atoms. The molecule has 0 unspecified atom stereocenters. The Hall–Kier alpha value is -0.770. The molecule has 0 saturated heterocycles. The molecule has 0 amide bonds. The number of halogens is 2. The maximum Gasteiger partial charge on any atom is 0.140 e. The molecule has 0 aliphatic rings. The maximum atomic E-state index is 5.90. The predicted molar refractivity (Wildman–Crippen MR) is 70.2 cm³/mol. The van der Waals surface area contributed by atoms with E-state index < -0.39 is 0 Å². The van der Waals surface area contributed by atoms with E-state index in [9.17, 15) is 0 Å². The topological polar surface area (TPSA) is 25.8 Å². The quantitative estimate of drug-likeness (QED) is 0.662. The standard InChI is InChI=1S/C11H8Cl2N2S/c12-8-3-1-7(2-4-8)9-5-10(13)15-11(6-16)14-9/h1-5,16H,6H2. The van der Waals surface area contributed by atoms with E-state index in [0.717, 1.165) is 11.3 Å². The highest BCUT2D eigenvalue weighted by Crippen LogP contribution is 2.22. The highest BCUT2D eigenvalue weighted by atomic mass is 35.5. The Kier molecular flexibility index (Phi) is 3.69. The van der Waals surface area contributed by atoms with Crippen LogP contribution in [0.4, 0.5) is 0 Å². The van der Waals surface area contributed by atoms with E-state index in [1.165, 1.54) is 0 Å². The van der Waals surface area contributed by atoms with E-state index in [4.69, 9.17) is 23.2 Å². The number of hydrogen-bond acceptors (Lipinski definition) is 3. The van der Waals surface area contributed by atoms with E-state index in [0.29, 0.717) is 21.8 Å². The fourth-order valence-corrected chi connectivity index (χ4v) is 1.77. The summed E-state index contributed by atoms with van der Waals surface area (Å²) in [4.78, 5) is 8.38. The monoisotopic (exact) mass is 270 g/mol. The van der Waals surface area contributed by atoms with E-state index in [1.807, 2.05) is 24.3 Å². The summed E-state index contributed by atoms with van der Waals surface area (Å²) in [7, 11) is 0. The van der Waals surface area contributed by atoms with Crippen LogP contribution in [-0.4, -0.2) is 9.97 Å². The Labute approximate surface area is 109 Å². The van der Waals surface area contributed by atoms with Crippen molar-refractivity contribution in [3.8, 4) is 11.3 Å². The highest BCUT2D eigenvalue weighted by Gasteiger charge is 2.04. The van der Waals surface area contributed by atoms with Crippen molar-refractivity contribution in [2.45, 2.75) is 5.75 Å². The van der Waals surface area contributed by atoms with Crippen LogP contribution in [0.1, 0.15) is 5.82 Å². The summed E-state index contributed by atoms with van der Waals surface area (Å²) < 4.78 is 0. The molecular weight excluding hydrogens is 263 g/mol. The molecule has 2 aromatic rings. The van der Waals surface area contributed by atoms with Crippen LogP contribution in [0.2, 0.25) is 10.2 Å². The molecule has 0 N–H and O–H groups in total. The maximum absolute atomic E-state index is 5.90. The second kappa shape index (κ2) is 5.04. The molecule has 1 heterocycles. The molecule has 1 aromatic heterocycles. The predicted octanol–water partition coefficient (Wildman–Crippen LogP) is 3.88. The molecule has 0 aliphatic carbocycles. The van der Waals surface area contributed by atoms with Crippen LogP contribution in [0, 0.1) is 0 Å². The fraction of sp³-hybridized carbons (Fsp3) is 0.0909.